The Morgan fingerprint density at radius 1 is 1.60 bits per heavy atom. The van der Waals surface area contributed by atoms with E-state index in [2.05, 4.69) is 13.0 Å². The lowest BCUT2D eigenvalue weighted by Gasteiger charge is -1.87. The molecule has 0 saturated carbocycles. The van der Waals surface area contributed by atoms with Gasteiger partial charge in [-0.1, -0.05) is 0 Å². The van der Waals surface area contributed by atoms with Crippen LogP contribution in [-0.4, -0.2) is 29.8 Å². The molecule has 0 atom stereocenters. The average molecular weight is 278 g/mol. The predicted octanol–water partition coefficient (Wildman–Crippen LogP) is 0.644. The van der Waals surface area contributed by atoms with E-state index in [-0.39, 0.29) is 12.3 Å². The van der Waals surface area contributed by atoms with Crippen molar-refractivity contribution >= 4 is 35.6 Å². The maximum Gasteiger partial charge on any atom is 0.266 e. The number of rotatable bonds is 4. The first-order valence-electron chi connectivity index (χ1n) is 2.26. The van der Waals surface area contributed by atoms with Crippen molar-refractivity contribution in [3.05, 3.63) is 0 Å². The van der Waals surface area contributed by atoms with Gasteiger partial charge in [-0.3, -0.25) is 4.55 Å². The molecule has 5 nitrogen and oxygen atoms in total. The summed E-state index contributed by atoms with van der Waals surface area (Å²) in [7, 11) is -3.87. The molecule has 0 aromatic heterocycles. The van der Waals surface area contributed by atoms with Crippen LogP contribution in [0.5, 0.6) is 0 Å². The number of halogens is 1. The second kappa shape index (κ2) is 4.85. The quantitative estimate of drug-likeness (QED) is 0.465. The lowest BCUT2D eigenvalue weighted by atomic mass is 10.8. The van der Waals surface area contributed by atoms with Crippen molar-refractivity contribution in [2.24, 2.45) is 8.44 Å². The van der Waals surface area contributed by atoms with Crippen LogP contribution in [0.2, 0.25) is 0 Å². The van der Waals surface area contributed by atoms with Gasteiger partial charge in [0, 0.05) is 21.0 Å². The Morgan fingerprint density at radius 2 is 2.20 bits per heavy atom. The lowest BCUT2D eigenvalue weighted by Crippen LogP contribution is -2.05. The third-order valence-electron chi connectivity index (χ3n) is 0.556. The molecule has 0 saturated heterocycles. The second-order valence-corrected chi connectivity index (χ2v) is 4.03. The molecule has 7 heteroatoms. The van der Waals surface area contributed by atoms with Gasteiger partial charge in [0.2, 0.25) is 0 Å². The van der Waals surface area contributed by atoms with Crippen LogP contribution in [0.15, 0.2) is 8.44 Å². The van der Waals surface area contributed by atoms with Gasteiger partial charge >= 0.3 is 0 Å². The van der Waals surface area contributed by atoms with E-state index in [1.807, 2.05) is 0 Å². The first-order valence-corrected chi connectivity index (χ1v) is 6.36. The summed E-state index contributed by atoms with van der Waals surface area (Å²) in [5, 5.41) is 3.45. The molecule has 60 valence electrons. The van der Waals surface area contributed by atoms with E-state index < -0.39 is 31.1 Å². The lowest BCUT2D eigenvalue weighted by molar-refractivity contribution is 0.483. The van der Waals surface area contributed by atoms with Crippen molar-refractivity contribution in [3.8, 4) is 0 Å². The SMILES string of the molecule is C=IN=NCCS(=O)(=O)O. The normalized spacial score (nSPS) is 12.5. The molecule has 0 aromatic rings. The van der Waals surface area contributed by atoms with Gasteiger partial charge in [-0.05, 0) is 4.51 Å². The molecule has 0 aliphatic rings. The van der Waals surface area contributed by atoms with Crippen molar-refractivity contribution < 1.29 is 13.0 Å². The molecular weight excluding hydrogens is 271 g/mol. The summed E-state index contributed by atoms with van der Waals surface area (Å²) < 4.78 is 35.2. The Kier molecular flexibility index (Phi) is 4.91. The molecule has 1 N–H and O–H groups in total. The van der Waals surface area contributed by atoms with Gasteiger partial charge in [0.05, 0.1) is 12.3 Å². The molecule has 0 spiro atoms. The zero-order valence-corrected chi connectivity index (χ0v) is 8.04. The summed E-state index contributed by atoms with van der Waals surface area (Å²) in [6, 6.07) is 0. The summed E-state index contributed by atoms with van der Waals surface area (Å²) in [6.07, 6.45) is 0. The molecule has 0 fully saturated rings. The van der Waals surface area contributed by atoms with Crippen molar-refractivity contribution in [1.29, 1.82) is 0 Å². The summed E-state index contributed by atoms with van der Waals surface area (Å²) in [6.45, 7) is 0.0219. The number of hydrogen-bond acceptors (Lipinski definition) is 4. The molecule has 0 aliphatic carbocycles. The molecule has 0 aromatic carbocycles. The third kappa shape index (κ3) is 8.11. The van der Waals surface area contributed by atoms with E-state index in [0.29, 0.717) is 0 Å². The topological polar surface area (TPSA) is 79.1 Å². The summed E-state index contributed by atoms with van der Waals surface area (Å²) in [5.41, 5.74) is 0. The Bertz CT molecular complexity index is 222. The van der Waals surface area contributed by atoms with Crippen LogP contribution in [0.1, 0.15) is 0 Å². The highest BCUT2D eigenvalue weighted by Crippen LogP contribution is 1.93. The monoisotopic (exact) mass is 278 g/mol. The largest absolute Gasteiger partial charge is 0.285 e. The summed E-state index contributed by atoms with van der Waals surface area (Å²) in [5.74, 6) is -0.361. The van der Waals surface area contributed by atoms with Crippen molar-refractivity contribution in [3.63, 3.8) is 0 Å². The highest BCUT2D eigenvalue weighted by Gasteiger charge is 2.01. The van der Waals surface area contributed by atoms with Gasteiger partial charge in [-0.25, -0.2) is 0 Å². The molecule has 0 heterocycles. The minimum Gasteiger partial charge on any atom is -0.285 e. The maximum absolute atomic E-state index is 10.0. The molecule has 0 unspecified atom stereocenters. The van der Waals surface area contributed by atoms with E-state index >= 15 is 0 Å². The van der Waals surface area contributed by atoms with Crippen LogP contribution in [0.25, 0.3) is 0 Å². The van der Waals surface area contributed by atoms with Crippen molar-refractivity contribution in [2.45, 2.75) is 0 Å². The fourth-order valence-electron chi connectivity index (χ4n) is 0.232. The van der Waals surface area contributed by atoms with Crippen LogP contribution in [0.3, 0.4) is 0 Å². The highest BCUT2D eigenvalue weighted by molar-refractivity contribution is 14.2. The maximum atomic E-state index is 10.0. The highest BCUT2D eigenvalue weighted by atomic mass is 127. The Balaban J connectivity index is 3.57. The van der Waals surface area contributed by atoms with E-state index in [1.54, 1.807) is 0 Å². The predicted molar refractivity (Wildman–Crippen MR) is 47.3 cm³/mol. The van der Waals surface area contributed by atoms with Gasteiger partial charge in [0.25, 0.3) is 10.1 Å². The molecule has 0 amide bonds. The molecule has 10 heavy (non-hydrogen) atoms. The van der Waals surface area contributed by atoms with Crippen molar-refractivity contribution in [2.75, 3.05) is 12.3 Å². The number of nitrogens with zero attached hydrogens (tertiary/aromatic N) is 2. The molecule has 0 aliphatic heterocycles. The van der Waals surface area contributed by atoms with E-state index in [1.165, 1.54) is 0 Å². The molecule has 0 radical (unpaired) electrons. The zero-order valence-electron chi connectivity index (χ0n) is 5.07. The molecular formula is C3H7IN2O3S. The van der Waals surface area contributed by atoms with Gasteiger partial charge in [-0.2, -0.15) is 13.5 Å². The van der Waals surface area contributed by atoms with Crippen molar-refractivity contribution in [1.82, 2.24) is 0 Å². The zero-order chi connectivity index (χ0) is 8.04. The number of hydrogen-bond donors (Lipinski definition) is 1. The third-order valence-corrected chi connectivity index (χ3v) is 1.86. The van der Waals surface area contributed by atoms with Crippen LogP contribution in [-0.2, 0) is 10.1 Å². The Labute approximate surface area is 69.4 Å². The second-order valence-electron chi connectivity index (χ2n) is 1.35. The van der Waals surface area contributed by atoms with E-state index in [9.17, 15) is 8.42 Å². The average Bonchev–Trinajstić information content (AvgIpc) is 1.78. The van der Waals surface area contributed by atoms with Gasteiger partial charge in [-0.15, -0.1) is 3.33 Å². The minimum absolute atomic E-state index is 0.0219. The van der Waals surface area contributed by atoms with E-state index in [4.69, 9.17) is 4.55 Å². The first-order chi connectivity index (χ1) is 4.56. The summed E-state index contributed by atoms with van der Waals surface area (Å²) in [4.78, 5) is 0. The fourth-order valence-corrected chi connectivity index (χ4v) is 0.976. The molecule has 0 bridgehead atoms. The first kappa shape index (κ1) is 10.1. The molecule has 0 rings (SSSR count). The summed E-state index contributed by atoms with van der Waals surface area (Å²) >= 11 is -0.510. The van der Waals surface area contributed by atoms with Gasteiger partial charge in [0.15, 0.2) is 0 Å². The van der Waals surface area contributed by atoms with E-state index in [0.717, 1.165) is 0 Å². The van der Waals surface area contributed by atoms with Crippen LogP contribution in [0, 0.1) is 0 Å². The Hall–Kier alpha value is 0.110. The van der Waals surface area contributed by atoms with Crippen LogP contribution in [0.4, 0.5) is 0 Å². The minimum atomic E-state index is -3.87. The Morgan fingerprint density at radius 3 is 2.60 bits per heavy atom. The van der Waals surface area contributed by atoms with Crippen LogP contribution < -0.4 is 0 Å². The fraction of sp³-hybridized carbons (Fsp3) is 0.667. The standard InChI is InChI=1S/C3H7IN2O3S/c1-4-6-5-2-3-10(7,8)9/h1-3H2,(H,7,8,9). The smallest absolute Gasteiger partial charge is 0.266 e. The van der Waals surface area contributed by atoms with Gasteiger partial charge in [0.1, 0.15) is 0 Å². The van der Waals surface area contributed by atoms with Gasteiger partial charge < -0.3 is 0 Å². The van der Waals surface area contributed by atoms with Crippen LogP contribution >= 0.6 is 21.0 Å².